The quantitative estimate of drug-likeness (QED) is 0.0263. The summed E-state index contributed by atoms with van der Waals surface area (Å²) < 4.78 is 34.3. The van der Waals surface area contributed by atoms with Crippen LogP contribution in [-0.4, -0.2) is 193 Å². The smallest absolute Gasteiger partial charge is 0.220 e. The Balaban J connectivity index is 1.50. The summed E-state index contributed by atoms with van der Waals surface area (Å²) in [6, 6.07) is -0.892. The van der Waals surface area contributed by atoms with Crippen molar-refractivity contribution in [2.75, 3.05) is 26.4 Å². The maximum atomic E-state index is 13.3. The van der Waals surface area contributed by atoms with Crippen molar-refractivity contribution in [2.45, 2.75) is 317 Å². The predicted molar refractivity (Wildman–Crippen MR) is 296 cm³/mol. The molecular formula is C59H109NO18. The Hall–Kier alpha value is -1.73. The Kier molecular flexibility index (Phi) is 38.9. The van der Waals surface area contributed by atoms with Gasteiger partial charge in [-0.05, 0) is 44.9 Å². The number of hydrogen-bond acceptors (Lipinski definition) is 18. The largest absolute Gasteiger partial charge is 0.394 e. The van der Waals surface area contributed by atoms with Gasteiger partial charge in [0.2, 0.25) is 5.91 Å². The molecule has 78 heavy (non-hydrogen) atoms. The molecule has 0 aromatic heterocycles. The Bertz CT molecular complexity index is 1530. The van der Waals surface area contributed by atoms with E-state index in [1.165, 1.54) is 109 Å². The van der Waals surface area contributed by atoms with Crippen LogP contribution in [-0.2, 0) is 33.2 Å². The second-order valence-electron chi connectivity index (χ2n) is 22.2. The molecule has 3 saturated heterocycles. The van der Waals surface area contributed by atoms with E-state index in [1.54, 1.807) is 0 Å². The number of hydrogen-bond donors (Lipinski definition) is 12. The van der Waals surface area contributed by atoms with Crippen LogP contribution in [0.1, 0.15) is 213 Å². The van der Waals surface area contributed by atoms with E-state index in [0.29, 0.717) is 12.8 Å². The fourth-order valence-corrected chi connectivity index (χ4v) is 10.5. The zero-order valence-corrected chi connectivity index (χ0v) is 47.7. The number of allylic oxidation sites excluding steroid dienone is 4. The van der Waals surface area contributed by atoms with Crippen molar-refractivity contribution in [3.63, 3.8) is 0 Å². The number of rotatable bonds is 45. The van der Waals surface area contributed by atoms with Gasteiger partial charge in [0.05, 0.1) is 38.6 Å². The van der Waals surface area contributed by atoms with Crippen LogP contribution in [0.5, 0.6) is 0 Å². The molecule has 0 radical (unpaired) electrons. The molecule has 0 spiro atoms. The number of amides is 1. The van der Waals surface area contributed by atoms with E-state index in [-0.39, 0.29) is 18.9 Å². The average molecular weight is 1120 g/mol. The lowest BCUT2D eigenvalue weighted by atomic mass is 9.96. The Morgan fingerprint density at radius 2 is 0.846 bits per heavy atom. The fraction of sp³-hybridized carbons (Fsp3) is 0.915. The highest BCUT2D eigenvalue weighted by atomic mass is 16.8. The molecule has 17 unspecified atom stereocenters. The molecule has 3 rings (SSSR count). The number of aliphatic hydroxyl groups excluding tert-OH is 11. The molecule has 0 bridgehead atoms. The van der Waals surface area contributed by atoms with Crippen molar-refractivity contribution >= 4 is 5.91 Å². The Morgan fingerprint density at radius 3 is 1.32 bits per heavy atom. The lowest BCUT2D eigenvalue weighted by Crippen LogP contribution is -2.66. The first kappa shape index (κ1) is 70.5. The van der Waals surface area contributed by atoms with Crippen molar-refractivity contribution < 1.29 is 89.4 Å². The standard InChI is InChI=1S/C59H109NO18/c1-3-5-7-9-11-13-15-17-19-21-22-24-26-28-30-32-34-36-43(64)42(60-47(65)37-35-33-31-29-27-25-23-20-18-16-14-12-10-8-6-4-2)41-73-57-53(71)50(68)55(45(39-62)75-57)78-59-54(72)51(69)56(46(40-63)76-59)77-58-52(70)49(67)48(66)44(38-61)74-58/h14,16,20,23,42-46,48-59,61-64,66-72H,3-13,15,17-19,21-22,24-41H2,1-2H3,(H,60,65)/b16-14-,23-20-. The lowest BCUT2D eigenvalue weighted by molar-refractivity contribution is -0.379. The van der Waals surface area contributed by atoms with Crippen LogP contribution in [0.25, 0.3) is 0 Å². The zero-order valence-electron chi connectivity index (χ0n) is 47.7. The molecule has 458 valence electrons. The second-order valence-corrected chi connectivity index (χ2v) is 22.2. The summed E-state index contributed by atoms with van der Waals surface area (Å²) in [5.74, 6) is -0.256. The molecule has 3 heterocycles. The maximum Gasteiger partial charge on any atom is 0.220 e. The Labute approximate surface area is 467 Å². The number of nitrogens with one attached hydrogen (secondary N) is 1. The van der Waals surface area contributed by atoms with Gasteiger partial charge in [0.25, 0.3) is 0 Å². The van der Waals surface area contributed by atoms with Crippen molar-refractivity contribution in [1.29, 1.82) is 0 Å². The number of carbonyl (C=O) groups is 1. The van der Waals surface area contributed by atoms with Crippen LogP contribution in [0.3, 0.4) is 0 Å². The van der Waals surface area contributed by atoms with Gasteiger partial charge in [0.1, 0.15) is 73.2 Å². The normalized spacial score (nSPS) is 30.6. The third-order valence-corrected chi connectivity index (χ3v) is 15.5. The highest BCUT2D eigenvalue weighted by Crippen LogP contribution is 2.33. The number of unbranched alkanes of at least 4 members (excludes halogenated alkanes) is 25. The first-order valence-electron chi connectivity index (χ1n) is 30.6. The molecule has 0 aromatic rings. The SMILES string of the molecule is CCCCCC/C=C\C/C=C\CCCCCCCC(=O)NC(COC1OC(CO)C(OC2OC(CO)C(OC3OC(CO)C(O)C(O)C3O)C(O)C2O)C(O)C1O)C(O)CCCCCCCCCCCCCCCCCCC. The van der Waals surface area contributed by atoms with E-state index in [4.69, 9.17) is 28.4 Å². The maximum absolute atomic E-state index is 13.3. The summed E-state index contributed by atoms with van der Waals surface area (Å²) in [4.78, 5) is 13.3. The molecular weight excluding hydrogens is 1010 g/mol. The fourth-order valence-electron chi connectivity index (χ4n) is 10.5. The summed E-state index contributed by atoms with van der Waals surface area (Å²) in [6.07, 6.45) is 16.8. The summed E-state index contributed by atoms with van der Waals surface area (Å²) in [7, 11) is 0. The minimum Gasteiger partial charge on any atom is -0.394 e. The van der Waals surface area contributed by atoms with Crippen LogP contribution in [0.15, 0.2) is 24.3 Å². The molecule has 0 saturated carbocycles. The van der Waals surface area contributed by atoms with Crippen molar-refractivity contribution in [3.8, 4) is 0 Å². The topological polar surface area (TPSA) is 307 Å². The van der Waals surface area contributed by atoms with Gasteiger partial charge >= 0.3 is 0 Å². The number of ether oxygens (including phenoxy) is 6. The van der Waals surface area contributed by atoms with E-state index < -0.39 is 124 Å². The van der Waals surface area contributed by atoms with E-state index in [9.17, 15) is 61.0 Å². The molecule has 1 amide bonds. The second kappa shape index (κ2) is 43.0. The van der Waals surface area contributed by atoms with Crippen LogP contribution in [0.4, 0.5) is 0 Å². The van der Waals surface area contributed by atoms with Gasteiger partial charge in [-0.3, -0.25) is 4.79 Å². The summed E-state index contributed by atoms with van der Waals surface area (Å²) in [6.45, 7) is 1.76. The molecule has 3 aliphatic heterocycles. The van der Waals surface area contributed by atoms with Crippen molar-refractivity contribution in [1.82, 2.24) is 5.32 Å². The van der Waals surface area contributed by atoms with Gasteiger partial charge in [-0.25, -0.2) is 0 Å². The van der Waals surface area contributed by atoms with Crippen LogP contribution >= 0.6 is 0 Å². The minimum absolute atomic E-state index is 0.251. The minimum atomic E-state index is -1.97. The monoisotopic (exact) mass is 1120 g/mol. The van der Waals surface area contributed by atoms with Crippen LogP contribution in [0.2, 0.25) is 0 Å². The van der Waals surface area contributed by atoms with Crippen molar-refractivity contribution in [2.24, 2.45) is 0 Å². The highest BCUT2D eigenvalue weighted by Gasteiger charge is 2.53. The molecule has 0 aromatic carbocycles. The van der Waals surface area contributed by atoms with E-state index in [0.717, 1.165) is 70.6 Å². The molecule has 12 N–H and O–H groups in total. The molecule has 17 atom stereocenters. The van der Waals surface area contributed by atoms with Crippen LogP contribution < -0.4 is 5.32 Å². The molecule has 3 fully saturated rings. The Morgan fingerprint density at radius 1 is 0.462 bits per heavy atom. The summed E-state index contributed by atoms with van der Waals surface area (Å²) in [5, 5.41) is 120. The number of aliphatic hydroxyl groups is 11. The van der Waals surface area contributed by atoms with Gasteiger partial charge < -0.3 is 89.9 Å². The van der Waals surface area contributed by atoms with Gasteiger partial charge in [-0.15, -0.1) is 0 Å². The molecule has 0 aliphatic carbocycles. The molecule has 19 heteroatoms. The third kappa shape index (κ3) is 26.7. The van der Waals surface area contributed by atoms with Gasteiger partial charge in [0.15, 0.2) is 18.9 Å². The molecule has 3 aliphatic rings. The summed E-state index contributed by atoms with van der Waals surface area (Å²) >= 11 is 0. The van der Waals surface area contributed by atoms with Crippen molar-refractivity contribution in [3.05, 3.63) is 24.3 Å². The lowest BCUT2D eigenvalue weighted by Gasteiger charge is -2.48. The third-order valence-electron chi connectivity index (χ3n) is 15.5. The highest BCUT2D eigenvalue weighted by molar-refractivity contribution is 5.76. The number of carbonyl (C=O) groups excluding carboxylic acids is 1. The van der Waals surface area contributed by atoms with E-state index >= 15 is 0 Å². The van der Waals surface area contributed by atoms with Crippen LogP contribution in [0, 0.1) is 0 Å². The van der Waals surface area contributed by atoms with Gasteiger partial charge in [-0.2, -0.15) is 0 Å². The summed E-state index contributed by atoms with van der Waals surface area (Å²) in [5.41, 5.74) is 0. The van der Waals surface area contributed by atoms with Gasteiger partial charge in [0, 0.05) is 6.42 Å². The average Bonchev–Trinajstić information content (AvgIpc) is 3.47. The zero-order chi connectivity index (χ0) is 56.9. The van der Waals surface area contributed by atoms with E-state index in [1.807, 2.05) is 0 Å². The first-order chi connectivity index (χ1) is 37.8. The van der Waals surface area contributed by atoms with E-state index in [2.05, 4.69) is 43.5 Å². The molecule has 19 nitrogen and oxygen atoms in total. The van der Waals surface area contributed by atoms with Gasteiger partial charge in [-0.1, -0.05) is 186 Å². The first-order valence-corrected chi connectivity index (χ1v) is 30.6. The predicted octanol–water partition coefficient (Wildman–Crippen LogP) is 5.54.